The van der Waals surface area contributed by atoms with Gasteiger partial charge in [0.25, 0.3) is 0 Å². The highest BCUT2D eigenvalue weighted by molar-refractivity contribution is 5.99. The van der Waals surface area contributed by atoms with Crippen molar-refractivity contribution in [3.63, 3.8) is 0 Å². The summed E-state index contributed by atoms with van der Waals surface area (Å²) >= 11 is 0. The summed E-state index contributed by atoms with van der Waals surface area (Å²) in [7, 11) is 0. The first-order valence-corrected chi connectivity index (χ1v) is 8.86. The summed E-state index contributed by atoms with van der Waals surface area (Å²) in [6.07, 6.45) is -18.7. The van der Waals surface area contributed by atoms with Crippen LogP contribution in [0.2, 0.25) is 0 Å². The molecule has 178 valence electrons. The Bertz CT molecular complexity index is 1080. The standard InChI is InChI=1S/C20H11F9O4/c21-18(22,23)12-4-11(5-13(6-12)19(24,25)26)17(32,20(27,28)29)7-15(30)9-1-2-14-10(3-9)8-33-16(14)31/h1-6,32H,7-8H2. The Hall–Kier alpha value is -3.09. The fraction of sp³-hybridized carbons (Fsp3) is 0.300. The number of esters is 1. The van der Waals surface area contributed by atoms with Crippen LogP contribution in [0.5, 0.6) is 0 Å². The molecule has 1 aliphatic heterocycles. The van der Waals surface area contributed by atoms with Crippen LogP contribution in [0.25, 0.3) is 0 Å². The van der Waals surface area contributed by atoms with Gasteiger partial charge in [0.1, 0.15) is 6.61 Å². The number of aliphatic hydroxyl groups is 1. The van der Waals surface area contributed by atoms with E-state index in [4.69, 9.17) is 0 Å². The van der Waals surface area contributed by atoms with E-state index in [2.05, 4.69) is 4.74 Å². The quantitative estimate of drug-likeness (QED) is 0.356. The summed E-state index contributed by atoms with van der Waals surface area (Å²) in [6.45, 7) is -0.290. The SMILES string of the molecule is O=C(CC(O)(c1cc(C(F)(F)F)cc(C(F)(F)F)c1)C(F)(F)F)c1ccc2c(c1)COC2=O. The van der Waals surface area contributed by atoms with Gasteiger partial charge in [0.2, 0.25) is 0 Å². The molecule has 3 rings (SSSR count). The topological polar surface area (TPSA) is 63.6 Å². The van der Waals surface area contributed by atoms with Crippen LogP contribution in [0.1, 0.15) is 49.4 Å². The van der Waals surface area contributed by atoms with E-state index in [-0.39, 0.29) is 29.9 Å². The highest BCUT2D eigenvalue weighted by Crippen LogP contribution is 2.46. The molecule has 0 radical (unpaired) electrons. The Kier molecular flexibility index (Phi) is 5.76. The minimum atomic E-state index is -5.83. The van der Waals surface area contributed by atoms with Crippen LogP contribution >= 0.6 is 0 Å². The number of alkyl halides is 9. The summed E-state index contributed by atoms with van der Waals surface area (Å²) in [5.74, 6) is -2.19. The van der Waals surface area contributed by atoms with Crippen LogP contribution in [-0.4, -0.2) is 23.0 Å². The van der Waals surface area contributed by atoms with Crippen molar-refractivity contribution in [2.45, 2.75) is 37.2 Å². The number of Topliss-reactive ketones (excluding diaryl/α,β-unsaturated/α-hetero) is 1. The molecule has 0 saturated heterocycles. The first kappa shape index (κ1) is 24.6. The van der Waals surface area contributed by atoms with E-state index >= 15 is 0 Å². The molecule has 2 aromatic carbocycles. The molecule has 0 amide bonds. The molecule has 1 aliphatic rings. The third kappa shape index (κ3) is 4.68. The maximum atomic E-state index is 13.8. The number of hydrogen-bond donors (Lipinski definition) is 1. The monoisotopic (exact) mass is 486 g/mol. The van der Waals surface area contributed by atoms with Gasteiger partial charge in [0.05, 0.1) is 23.1 Å². The average molecular weight is 486 g/mol. The summed E-state index contributed by atoms with van der Waals surface area (Å²) < 4.78 is 124. The van der Waals surface area contributed by atoms with Gasteiger partial charge < -0.3 is 9.84 Å². The van der Waals surface area contributed by atoms with E-state index < -0.39 is 70.6 Å². The Morgan fingerprint density at radius 3 is 1.85 bits per heavy atom. The van der Waals surface area contributed by atoms with Gasteiger partial charge in [-0.15, -0.1) is 0 Å². The van der Waals surface area contributed by atoms with Gasteiger partial charge >= 0.3 is 24.5 Å². The Morgan fingerprint density at radius 1 is 0.848 bits per heavy atom. The molecule has 2 aromatic rings. The maximum Gasteiger partial charge on any atom is 0.421 e. The number of rotatable bonds is 4. The average Bonchev–Trinajstić information content (AvgIpc) is 3.05. The molecule has 13 heteroatoms. The van der Waals surface area contributed by atoms with E-state index in [9.17, 15) is 54.2 Å². The molecule has 0 fully saturated rings. The molecular weight excluding hydrogens is 475 g/mol. The second-order valence-corrected chi connectivity index (χ2v) is 7.20. The zero-order valence-electron chi connectivity index (χ0n) is 16.0. The number of benzene rings is 2. The van der Waals surface area contributed by atoms with Crippen molar-refractivity contribution in [2.24, 2.45) is 0 Å². The predicted octanol–water partition coefficient (Wildman–Crippen LogP) is 5.42. The van der Waals surface area contributed by atoms with E-state index in [0.717, 1.165) is 18.2 Å². The first-order chi connectivity index (χ1) is 14.9. The lowest BCUT2D eigenvalue weighted by Gasteiger charge is -2.31. The number of halogens is 9. The van der Waals surface area contributed by atoms with Crippen molar-refractivity contribution in [1.29, 1.82) is 0 Å². The van der Waals surface area contributed by atoms with Gasteiger partial charge in [-0.25, -0.2) is 4.79 Å². The summed E-state index contributed by atoms with van der Waals surface area (Å²) in [5.41, 5.74) is -10.6. The number of carbonyl (C=O) groups excluding carboxylic acids is 2. The zero-order valence-corrected chi connectivity index (χ0v) is 16.0. The first-order valence-electron chi connectivity index (χ1n) is 8.86. The number of ketones is 1. The lowest BCUT2D eigenvalue weighted by atomic mass is 9.84. The highest BCUT2D eigenvalue weighted by atomic mass is 19.4. The van der Waals surface area contributed by atoms with E-state index in [1.165, 1.54) is 0 Å². The molecule has 0 aromatic heterocycles. The molecule has 1 heterocycles. The molecule has 1 N–H and O–H groups in total. The fourth-order valence-corrected chi connectivity index (χ4v) is 3.20. The van der Waals surface area contributed by atoms with Crippen LogP contribution in [-0.2, 0) is 29.3 Å². The van der Waals surface area contributed by atoms with Crippen LogP contribution < -0.4 is 0 Å². The third-order valence-electron chi connectivity index (χ3n) is 4.96. The normalized spacial score (nSPS) is 16.2. The number of carbonyl (C=O) groups is 2. The number of ether oxygens (including phenoxy) is 1. The molecule has 4 nitrogen and oxygen atoms in total. The highest BCUT2D eigenvalue weighted by Gasteiger charge is 2.57. The van der Waals surface area contributed by atoms with E-state index in [1.807, 2.05) is 0 Å². The molecule has 0 bridgehead atoms. The number of cyclic esters (lactones) is 1. The lowest BCUT2D eigenvalue weighted by molar-refractivity contribution is -0.265. The number of fused-ring (bicyclic) bond motifs is 1. The summed E-state index contributed by atoms with van der Waals surface area (Å²) in [6, 6.07) is 2.01. The van der Waals surface area contributed by atoms with Gasteiger partial charge in [-0.3, -0.25) is 4.79 Å². The largest absolute Gasteiger partial charge is 0.457 e. The molecule has 0 aliphatic carbocycles. The van der Waals surface area contributed by atoms with Crippen molar-refractivity contribution in [3.05, 3.63) is 69.8 Å². The van der Waals surface area contributed by atoms with Gasteiger partial charge in [0, 0.05) is 11.1 Å². The van der Waals surface area contributed by atoms with Gasteiger partial charge in [-0.05, 0) is 35.9 Å². The second-order valence-electron chi connectivity index (χ2n) is 7.20. The van der Waals surface area contributed by atoms with Gasteiger partial charge in [-0.1, -0.05) is 6.07 Å². The zero-order chi connectivity index (χ0) is 25.0. The fourth-order valence-electron chi connectivity index (χ4n) is 3.20. The maximum absolute atomic E-state index is 13.8. The van der Waals surface area contributed by atoms with Gasteiger partial charge in [0.15, 0.2) is 11.4 Å². The lowest BCUT2D eigenvalue weighted by Crippen LogP contribution is -2.44. The van der Waals surface area contributed by atoms with Crippen molar-refractivity contribution in [3.8, 4) is 0 Å². The third-order valence-corrected chi connectivity index (χ3v) is 4.96. The van der Waals surface area contributed by atoms with Crippen molar-refractivity contribution in [1.82, 2.24) is 0 Å². The van der Waals surface area contributed by atoms with Crippen molar-refractivity contribution in [2.75, 3.05) is 0 Å². The Balaban J connectivity index is 2.10. The molecule has 0 saturated carbocycles. The van der Waals surface area contributed by atoms with Crippen LogP contribution in [0.3, 0.4) is 0 Å². The van der Waals surface area contributed by atoms with Gasteiger partial charge in [-0.2, -0.15) is 39.5 Å². The van der Waals surface area contributed by atoms with Crippen LogP contribution in [0.15, 0.2) is 36.4 Å². The second kappa shape index (κ2) is 7.75. The molecule has 33 heavy (non-hydrogen) atoms. The van der Waals surface area contributed by atoms with Crippen molar-refractivity contribution >= 4 is 11.8 Å². The Morgan fingerprint density at radius 2 is 1.36 bits per heavy atom. The molecule has 1 atom stereocenters. The molecule has 0 spiro atoms. The smallest absolute Gasteiger partial charge is 0.421 e. The van der Waals surface area contributed by atoms with Crippen LogP contribution in [0, 0.1) is 0 Å². The van der Waals surface area contributed by atoms with Crippen molar-refractivity contribution < 1.29 is 58.9 Å². The Labute approximate surface area is 178 Å². The minimum absolute atomic E-state index is 0.0327. The van der Waals surface area contributed by atoms with Crippen LogP contribution in [0.4, 0.5) is 39.5 Å². The number of hydrogen-bond acceptors (Lipinski definition) is 4. The predicted molar refractivity (Wildman–Crippen MR) is 90.9 cm³/mol. The summed E-state index contributed by atoms with van der Waals surface area (Å²) in [5, 5.41) is 10.3. The molecular formula is C20H11F9O4. The minimum Gasteiger partial charge on any atom is -0.457 e. The van der Waals surface area contributed by atoms with E-state index in [0.29, 0.717) is 0 Å². The summed E-state index contributed by atoms with van der Waals surface area (Å²) in [4.78, 5) is 23.9. The molecule has 1 unspecified atom stereocenters. The van der Waals surface area contributed by atoms with E-state index in [1.54, 1.807) is 0 Å².